The number of anilines is 1. The van der Waals surface area contributed by atoms with E-state index in [0.717, 1.165) is 22.7 Å². The van der Waals surface area contributed by atoms with Gasteiger partial charge < -0.3 is 10.1 Å². The van der Waals surface area contributed by atoms with E-state index >= 15 is 0 Å². The summed E-state index contributed by atoms with van der Waals surface area (Å²) in [5.41, 5.74) is 1.32. The lowest BCUT2D eigenvalue weighted by Gasteiger charge is -2.24. The molecular formula is C20H23ClN2O4S. The molecule has 1 aliphatic heterocycles. The fourth-order valence-electron chi connectivity index (χ4n) is 2.98. The standard InChI is InChI=1S/C20H23ClN2O4S/c1-15-4-10-19(11-5-15)28(25,26)23(17-8-6-16(21)7-9-17)14-20(24)22-13-18-3-2-12-27-18/h4-11,18H,2-3,12-14H2,1H3,(H,22,24)/t18-/m1/s1. The molecule has 3 rings (SSSR count). The Labute approximate surface area is 170 Å². The van der Waals surface area contributed by atoms with Crippen LogP contribution in [0.2, 0.25) is 5.02 Å². The molecular weight excluding hydrogens is 400 g/mol. The van der Waals surface area contributed by atoms with Crippen LogP contribution in [-0.2, 0) is 19.6 Å². The Morgan fingerprint density at radius 1 is 1.18 bits per heavy atom. The minimum Gasteiger partial charge on any atom is -0.376 e. The zero-order valence-corrected chi connectivity index (χ0v) is 17.2. The summed E-state index contributed by atoms with van der Waals surface area (Å²) in [6.45, 7) is 2.62. The fraction of sp³-hybridized carbons (Fsp3) is 0.350. The molecule has 1 N–H and O–H groups in total. The third-order valence-electron chi connectivity index (χ3n) is 4.56. The van der Waals surface area contributed by atoms with Crippen LogP contribution in [0.4, 0.5) is 5.69 Å². The molecule has 150 valence electrons. The summed E-state index contributed by atoms with van der Waals surface area (Å²) >= 11 is 5.93. The van der Waals surface area contributed by atoms with Gasteiger partial charge in [-0.3, -0.25) is 9.10 Å². The summed E-state index contributed by atoms with van der Waals surface area (Å²) in [4.78, 5) is 12.6. The zero-order chi connectivity index (χ0) is 20.1. The summed E-state index contributed by atoms with van der Waals surface area (Å²) in [6.07, 6.45) is 1.85. The van der Waals surface area contributed by atoms with Gasteiger partial charge in [0.2, 0.25) is 5.91 Å². The van der Waals surface area contributed by atoms with Crippen LogP contribution in [0.3, 0.4) is 0 Å². The van der Waals surface area contributed by atoms with Crippen molar-refractivity contribution in [2.45, 2.75) is 30.8 Å². The van der Waals surface area contributed by atoms with Gasteiger partial charge in [-0.25, -0.2) is 8.42 Å². The van der Waals surface area contributed by atoms with Crippen molar-refractivity contribution in [3.8, 4) is 0 Å². The number of aryl methyl sites for hydroxylation is 1. The van der Waals surface area contributed by atoms with Crippen molar-refractivity contribution in [1.82, 2.24) is 5.32 Å². The molecule has 1 fully saturated rings. The number of nitrogens with zero attached hydrogens (tertiary/aromatic N) is 1. The van der Waals surface area contributed by atoms with Gasteiger partial charge in [0.25, 0.3) is 10.0 Å². The van der Waals surface area contributed by atoms with Crippen molar-refractivity contribution in [2.75, 3.05) is 24.0 Å². The lowest BCUT2D eigenvalue weighted by atomic mass is 10.2. The smallest absolute Gasteiger partial charge is 0.264 e. The van der Waals surface area contributed by atoms with E-state index in [1.807, 2.05) is 6.92 Å². The summed E-state index contributed by atoms with van der Waals surface area (Å²) in [6, 6.07) is 12.9. The van der Waals surface area contributed by atoms with Gasteiger partial charge in [-0.15, -0.1) is 0 Å². The van der Waals surface area contributed by atoms with Crippen LogP contribution < -0.4 is 9.62 Å². The first-order valence-electron chi connectivity index (χ1n) is 9.09. The molecule has 8 heteroatoms. The minimum absolute atomic E-state index is 0.0124. The van der Waals surface area contributed by atoms with Crippen LogP contribution in [-0.4, -0.2) is 40.1 Å². The van der Waals surface area contributed by atoms with Crippen molar-refractivity contribution in [2.24, 2.45) is 0 Å². The van der Waals surface area contributed by atoms with Gasteiger partial charge in [-0.2, -0.15) is 0 Å². The highest BCUT2D eigenvalue weighted by Gasteiger charge is 2.27. The number of nitrogens with one attached hydrogen (secondary N) is 1. The Morgan fingerprint density at radius 3 is 2.46 bits per heavy atom. The van der Waals surface area contributed by atoms with E-state index < -0.39 is 10.0 Å². The maximum atomic E-state index is 13.2. The molecule has 1 heterocycles. The molecule has 1 atom stereocenters. The quantitative estimate of drug-likeness (QED) is 0.743. The molecule has 0 bridgehead atoms. The summed E-state index contributed by atoms with van der Waals surface area (Å²) in [7, 11) is -3.92. The second-order valence-corrected chi connectivity index (χ2v) is 9.04. The van der Waals surface area contributed by atoms with E-state index in [0.29, 0.717) is 23.9 Å². The average molecular weight is 423 g/mol. The minimum atomic E-state index is -3.92. The van der Waals surface area contributed by atoms with Crippen molar-refractivity contribution >= 4 is 33.2 Å². The second kappa shape index (κ2) is 8.94. The first kappa shape index (κ1) is 20.6. The number of hydrogen-bond acceptors (Lipinski definition) is 4. The molecule has 0 aromatic heterocycles. The topological polar surface area (TPSA) is 75.7 Å². The Hall–Kier alpha value is -2.09. The highest BCUT2D eigenvalue weighted by molar-refractivity contribution is 7.92. The molecule has 6 nitrogen and oxygen atoms in total. The van der Waals surface area contributed by atoms with Gasteiger partial charge in [0.05, 0.1) is 16.7 Å². The largest absolute Gasteiger partial charge is 0.376 e. The highest BCUT2D eigenvalue weighted by atomic mass is 35.5. The van der Waals surface area contributed by atoms with E-state index in [1.54, 1.807) is 36.4 Å². The van der Waals surface area contributed by atoms with E-state index in [-0.39, 0.29) is 23.5 Å². The number of carbonyl (C=O) groups is 1. The molecule has 1 saturated heterocycles. The highest BCUT2D eigenvalue weighted by Crippen LogP contribution is 2.25. The number of amides is 1. The third kappa shape index (κ3) is 5.04. The lowest BCUT2D eigenvalue weighted by molar-refractivity contribution is -0.120. The number of hydrogen-bond donors (Lipinski definition) is 1. The monoisotopic (exact) mass is 422 g/mol. The Kier molecular flexibility index (Phi) is 6.59. The van der Waals surface area contributed by atoms with Crippen LogP contribution in [0.15, 0.2) is 53.4 Å². The molecule has 1 amide bonds. The number of rotatable bonds is 7. The van der Waals surface area contributed by atoms with E-state index in [9.17, 15) is 13.2 Å². The van der Waals surface area contributed by atoms with Crippen molar-refractivity contribution in [3.05, 3.63) is 59.1 Å². The summed E-state index contributed by atoms with van der Waals surface area (Å²) in [5, 5.41) is 3.26. The van der Waals surface area contributed by atoms with E-state index in [1.165, 1.54) is 12.1 Å². The SMILES string of the molecule is Cc1ccc(S(=O)(=O)N(CC(=O)NC[C@H]2CCCO2)c2ccc(Cl)cc2)cc1. The zero-order valence-electron chi connectivity index (χ0n) is 15.6. The van der Waals surface area contributed by atoms with Crippen LogP contribution in [0.5, 0.6) is 0 Å². The number of ether oxygens (including phenoxy) is 1. The Morgan fingerprint density at radius 2 is 1.86 bits per heavy atom. The van der Waals surface area contributed by atoms with Gasteiger partial charge in [0, 0.05) is 18.2 Å². The van der Waals surface area contributed by atoms with Crippen molar-refractivity contribution in [3.63, 3.8) is 0 Å². The molecule has 0 radical (unpaired) electrons. The first-order valence-corrected chi connectivity index (χ1v) is 10.9. The van der Waals surface area contributed by atoms with Crippen LogP contribution in [0.1, 0.15) is 18.4 Å². The summed E-state index contributed by atoms with van der Waals surface area (Å²) < 4.78 is 33.0. The van der Waals surface area contributed by atoms with Crippen LogP contribution in [0, 0.1) is 6.92 Å². The maximum absolute atomic E-state index is 13.2. The molecule has 0 unspecified atom stereocenters. The van der Waals surface area contributed by atoms with Gasteiger partial charge in [0.15, 0.2) is 0 Å². The van der Waals surface area contributed by atoms with Crippen molar-refractivity contribution < 1.29 is 17.9 Å². The Bertz CT molecular complexity index is 908. The van der Waals surface area contributed by atoms with Gasteiger partial charge in [-0.1, -0.05) is 29.3 Å². The van der Waals surface area contributed by atoms with Gasteiger partial charge >= 0.3 is 0 Å². The molecule has 0 spiro atoms. The molecule has 2 aromatic rings. The Balaban J connectivity index is 1.83. The molecule has 2 aromatic carbocycles. The number of halogens is 1. The average Bonchev–Trinajstić information content (AvgIpc) is 3.19. The molecule has 1 aliphatic rings. The molecule has 28 heavy (non-hydrogen) atoms. The number of carbonyl (C=O) groups excluding carboxylic acids is 1. The molecule has 0 aliphatic carbocycles. The maximum Gasteiger partial charge on any atom is 0.264 e. The summed E-state index contributed by atoms with van der Waals surface area (Å²) in [5.74, 6) is -0.388. The van der Waals surface area contributed by atoms with E-state index in [2.05, 4.69) is 5.32 Å². The fourth-order valence-corrected chi connectivity index (χ4v) is 4.53. The first-order chi connectivity index (χ1) is 13.4. The van der Waals surface area contributed by atoms with E-state index in [4.69, 9.17) is 16.3 Å². The van der Waals surface area contributed by atoms with Crippen LogP contribution >= 0.6 is 11.6 Å². The van der Waals surface area contributed by atoms with Crippen LogP contribution in [0.25, 0.3) is 0 Å². The molecule has 0 saturated carbocycles. The van der Waals surface area contributed by atoms with Gasteiger partial charge in [-0.05, 0) is 56.2 Å². The third-order valence-corrected chi connectivity index (χ3v) is 6.60. The predicted molar refractivity (Wildman–Crippen MR) is 109 cm³/mol. The number of sulfonamides is 1. The number of benzene rings is 2. The lowest BCUT2D eigenvalue weighted by Crippen LogP contribution is -2.42. The predicted octanol–water partition coefficient (Wildman–Crippen LogP) is 3.14. The second-order valence-electron chi connectivity index (χ2n) is 6.74. The normalized spacial score (nSPS) is 16.7. The van der Waals surface area contributed by atoms with Gasteiger partial charge in [0.1, 0.15) is 6.54 Å². The van der Waals surface area contributed by atoms with Crippen molar-refractivity contribution in [1.29, 1.82) is 0 Å².